The van der Waals surface area contributed by atoms with Crippen molar-refractivity contribution >= 4 is 60.9 Å². The van der Waals surface area contributed by atoms with Crippen LogP contribution in [0, 0.1) is 0 Å². The molecule has 3 heteroatoms. The molecule has 0 aliphatic heterocycles. The molecule has 244 valence electrons. The highest BCUT2D eigenvalue weighted by Gasteiger charge is 2.47. The van der Waals surface area contributed by atoms with Crippen molar-refractivity contribution in [2.75, 3.05) is 4.90 Å². The summed E-state index contributed by atoms with van der Waals surface area (Å²) in [6, 6.07) is 67.1. The van der Waals surface area contributed by atoms with E-state index in [0.717, 1.165) is 60.9 Å². The van der Waals surface area contributed by atoms with E-state index in [2.05, 4.69) is 181 Å². The first-order chi connectivity index (χ1) is 25.8. The van der Waals surface area contributed by atoms with Gasteiger partial charge in [-0.1, -0.05) is 140 Å². The summed E-state index contributed by atoms with van der Waals surface area (Å²) in [7, 11) is 0. The highest BCUT2D eigenvalue weighted by Crippen LogP contribution is 2.58. The van der Waals surface area contributed by atoms with Gasteiger partial charge in [0.1, 0.15) is 16.7 Å². The van der Waals surface area contributed by atoms with Crippen LogP contribution in [-0.4, -0.2) is 0 Å². The summed E-state index contributed by atoms with van der Waals surface area (Å²) in [6.07, 6.45) is 0. The van der Waals surface area contributed by atoms with Crippen LogP contribution in [0.25, 0.3) is 55.0 Å². The van der Waals surface area contributed by atoms with Crippen molar-refractivity contribution in [3.8, 4) is 11.1 Å². The third kappa shape index (κ3) is 3.96. The number of nitrogens with zero attached hydrogens (tertiary/aromatic N) is 1. The van der Waals surface area contributed by atoms with E-state index in [4.69, 9.17) is 8.83 Å². The number of hydrogen-bond acceptors (Lipinski definition) is 3. The Morgan fingerprint density at radius 1 is 0.385 bits per heavy atom. The Balaban J connectivity index is 1.21. The fraction of sp³-hybridized carbons (Fsp3) is 0.0204. The second kappa shape index (κ2) is 11.1. The first-order valence-corrected chi connectivity index (χ1v) is 17.8. The van der Waals surface area contributed by atoms with Crippen molar-refractivity contribution in [2.24, 2.45) is 0 Å². The first-order valence-electron chi connectivity index (χ1n) is 17.8. The minimum atomic E-state index is -0.549. The Labute approximate surface area is 300 Å². The van der Waals surface area contributed by atoms with Crippen molar-refractivity contribution in [1.29, 1.82) is 0 Å². The Bertz CT molecular complexity index is 2930. The van der Waals surface area contributed by atoms with Gasteiger partial charge in [-0.2, -0.15) is 0 Å². The van der Waals surface area contributed by atoms with Crippen molar-refractivity contribution in [1.82, 2.24) is 0 Å². The minimum absolute atomic E-state index is 0.549. The van der Waals surface area contributed by atoms with E-state index in [1.165, 1.54) is 33.4 Å². The number of para-hydroxylation sites is 3. The fourth-order valence-electron chi connectivity index (χ4n) is 8.86. The van der Waals surface area contributed by atoms with Crippen molar-refractivity contribution in [3.63, 3.8) is 0 Å². The Hall–Kier alpha value is -6.84. The van der Waals surface area contributed by atoms with Gasteiger partial charge in [0.15, 0.2) is 5.58 Å². The Morgan fingerprint density at radius 2 is 0.981 bits per heavy atom. The molecule has 2 heterocycles. The SMILES string of the molecule is c1ccc(N(c2ccc3c(c2)oc2ccccc23)c2cccc3c2oc2cccc(C4(c5ccccc5)c5ccccc5-c5ccccc54)c23)cc1. The van der Waals surface area contributed by atoms with Gasteiger partial charge in [0.25, 0.3) is 0 Å². The van der Waals surface area contributed by atoms with Crippen molar-refractivity contribution < 1.29 is 8.83 Å². The summed E-state index contributed by atoms with van der Waals surface area (Å²) in [5, 5.41) is 4.41. The lowest BCUT2D eigenvalue weighted by molar-refractivity contribution is 0.666. The van der Waals surface area contributed by atoms with E-state index in [0.29, 0.717) is 0 Å². The molecule has 52 heavy (non-hydrogen) atoms. The molecule has 0 atom stereocenters. The molecule has 1 aliphatic rings. The zero-order chi connectivity index (χ0) is 34.2. The lowest BCUT2D eigenvalue weighted by Crippen LogP contribution is -2.28. The van der Waals surface area contributed by atoms with Crippen LogP contribution in [0.5, 0.6) is 0 Å². The van der Waals surface area contributed by atoms with Crippen LogP contribution in [0.1, 0.15) is 22.3 Å². The van der Waals surface area contributed by atoms with E-state index in [-0.39, 0.29) is 0 Å². The second-order valence-electron chi connectivity index (χ2n) is 13.6. The third-order valence-corrected chi connectivity index (χ3v) is 10.9. The van der Waals surface area contributed by atoms with E-state index < -0.39 is 5.41 Å². The third-order valence-electron chi connectivity index (χ3n) is 10.9. The number of fused-ring (bicyclic) bond motifs is 9. The lowest BCUT2D eigenvalue weighted by Gasteiger charge is -2.34. The highest BCUT2D eigenvalue weighted by molar-refractivity contribution is 6.13. The normalized spacial score (nSPS) is 13.2. The molecule has 0 amide bonds. The molecular weight excluding hydrogens is 635 g/mol. The molecule has 2 aromatic heterocycles. The van der Waals surface area contributed by atoms with E-state index in [1.807, 2.05) is 12.1 Å². The average Bonchev–Trinajstić information content (AvgIpc) is 3.88. The van der Waals surface area contributed by atoms with Crippen LogP contribution in [0.15, 0.2) is 197 Å². The van der Waals surface area contributed by atoms with E-state index in [9.17, 15) is 0 Å². The van der Waals surface area contributed by atoms with Crippen molar-refractivity contribution in [3.05, 3.63) is 210 Å². The van der Waals surface area contributed by atoms with Gasteiger partial charge >= 0.3 is 0 Å². The number of anilines is 3. The predicted octanol–water partition coefficient (Wildman–Crippen LogP) is 13.3. The van der Waals surface area contributed by atoms with Crippen LogP contribution in [-0.2, 0) is 5.41 Å². The van der Waals surface area contributed by atoms with Crippen LogP contribution < -0.4 is 4.90 Å². The summed E-state index contributed by atoms with van der Waals surface area (Å²) in [4.78, 5) is 2.28. The molecule has 8 aromatic carbocycles. The molecule has 0 N–H and O–H groups in total. The van der Waals surface area contributed by atoms with E-state index in [1.54, 1.807) is 0 Å². The minimum Gasteiger partial charge on any atom is -0.456 e. The van der Waals surface area contributed by atoms with Gasteiger partial charge in [-0.3, -0.25) is 0 Å². The Kier molecular flexibility index (Phi) is 6.17. The zero-order valence-corrected chi connectivity index (χ0v) is 28.2. The highest BCUT2D eigenvalue weighted by atomic mass is 16.3. The monoisotopic (exact) mass is 665 g/mol. The average molecular weight is 666 g/mol. The van der Waals surface area contributed by atoms with Crippen LogP contribution in [0.3, 0.4) is 0 Å². The van der Waals surface area contributed by atoms with Gasteiger partial charge in [0, 0.05) is 33.3 Å². The molecular formula is C49H31NO2. The van der Waals surface area contributed by atoms with Crippen LogP contribution in [0.4, 0.5) is 17.1 Å². The second-order valence-corrected chi connectivity index (χ2v) is 13.6. The lowest BCUT2D eigenvalue weighted by atomic mass is 9.66. The summed E-state index contributed by atoms with van der Waals surface area (Å²) in [5.74, 6) is 0. The molecule has 0 spiro atoms. The molecule has 11 rings (SSSR count). The van der Waals surface area contributed by atoms with Gasteiger partial charge < -0.3 is 13.7 Å². The van der Waals surface area contributed by atoms with Gasteiger partial charge in [-0.25, -0.2) is 0 Å². The van der Waals surface area contributed by atoms with Gasteiger partial charge in [0.2, 0.25) is 0 Å². The zero-order valence-electron chi connectivity index (χ0n) is 28.2. The molecule has 0 unspecified atom stereocenters. The van der Waals surface area contributed by atoms with Gasteiger partial charge in [-0.05, 0) is 75.8 Å². The maximum absolute atomic E-state index is 7.03. The molecule has 10 aromatic rings. The first kappa shape index (κ1) is 28.9. The molecule has 0 radical (unpaired) electrons. The Morgan fingerprint density at radius 3 is 1.77 bits per heavy atom. The summed E-state index contributed by atoms with van der Waals surface area (Å²) in [5.41, 5.74) is 13.4. The smallest absolute Gasteiger partial charge is 0.159 e. The number of hydrogen-bond donors (Lipinski definition) is 0. The van der Waals surface area contributed by atoms with Crippen molar-refractivity contribution in [2.45, 2.75) is 5.41 Å². The number of benzene rings is 8. The largest absolute Gasteiger partial charge is 0.456 e. The van der Waals surface area contributed by atoms with Gasteiger partial charge in [-0.15, -0.1) is 0 Å². The fourth-order valence-corrected chi connectivity index (χ4v) is 8.86. The topological polar surface area (TPSA) is 29.5 Å². The summed E-state index contributed by atoms with van der Waals surface area (Å²) < 4.78 is 13.4. The van der Waals surface area contributed by atoms with Gasteiger partial charge in [0.05, 0.1) is 16.8 Å². The standard InChI is InChI=1S/C49H31NO2/c1-3-15-32(16-4-1)49(40-23-10-7-19-35(40)36-20-8-11-24-41(36)49)42-25-14-28-45-47(42)39-22-13-26-43(48(39)52-45)50(33-17-5-2-6-18-33)34-29-30-38-37-21-9-12-27-44(37)51-46(38)31-34/h1-31H. The molecule has 0 saturated carbocycles. The summed E-state index contributed by atoms with van der Waals surface area (Å²) >= 11 is 0. The predicted molar refractivity (Wildman–Crippen MR) is 213 cm³/mol. The maximum Gasteiger partial charge on any atom is 0.159 e. The number of rotatable bonds is 5. The number of furan rings is 2. The maximum atomic E-state index is 7.03. The molecule has 0 fully saturated rings. The summed E-state index contributed by atoms with van der Waals surface area (Å²) in [6.45, 7) is 0. The molecule has 0 bridgehead atoms. The molecule has 0 saturated heterocycles. The van der Waals surface area contributed by atoms with E-state index >= 15 is 0 Å². The molecule has 3 nitrogen and oxygen atoms in total. The van der Waals surface area contributed by atoms with Crippen LogP contribution in [0.2, 0.25) is 0 Å². The molecule has 1 aliphatic carbocycles. The quantitative estimate of drug-likeness (QED) is 0.183. The van der Waals surface area contributed by atoms with Crippen LogP contribution >= 0.6 is 0 Å².